The van der Waals surface area contributed by atoms with Gasteiger partial charge in [-0.15, -0.1) is 5.10 Å². The number of aryl methyl sites for hydroxylation is 1. The van der Waals surface area contributed by atoms with Crippen LogP contribution in [0.1, 0.15) is 5.89 Å². The van der Waals surface area contributed by atoms with Crippen molar-refractivity contribution in [2.45, 2.75) is 12.1 Å². The number of hydrogen-bond acceptors (Lipinski definition) is 4. The number of hydrogen-bond donors (Lipinski definition) is 0. The lowest BCUT2D eigenvalue weighted by Gasteiger charge is -1.79. The lowest BCUT2D eigenvalue weighted by Crippen LogP contribution is -1.85. The predicted molar refractivity (Wildman–Crippen MR) is 31.4 cm³/mol. The summed E-state index contributed by atoms with van der Waals surface area (Å²) in [7, 11) is -1.15. The molecule has 1 aromatic heterocycles. The van der Waals surface area contributed by atoms with Crippen LogP contribution in [0.2, 0.25) is 0 Å². The summed E-state index contributed by atoms with van der Waals surface area (Å²) in [5.41, 5.74) is 0. The highest BCUT2D eigenvalue weighted by Crippen LogP contribution is 2.00. The van der Waals surface area contributed by atoms with Crippen LogP contribution < -0.4 is 0 Å². The fourth-order valence-corrected chi connectivity index (χ4v) is 0.788. The summed E-state index contributed by atoms with van der Waals surface area (Å²) in [5, 5.41) is 7.21. The molecule has 0 saturated carbocycles. The zero-order valence-corrected chi connectivity index (χ0v) is 5.94. The van der Waals surface area contributed by atoms with E-state index in [1.165, 1.54) is 6.26 Å². The van der Waals surface area contributed by atoms with Crippen molar-refractivity contribution < 1.29 is 8.63 Å². The van der Waals surface area contributed by atoms with Gasteiger partial charge in [0.25, 0.3) is 0 Å². The van der Waals surface area contributed by atoms with Crippen molar-refractivity contribution in [2.75, 3.05) is 6.26 Å². The van der Waals surface area contributed by atoms with E-state index in [1.807, 2.05) is 0 Å². The second-order valence-corrected chi connectivity index (χ2v) is 2.80. The Labute approximate surface area is 54.7 Å². The van der Waals surface area contributed by atoms with E-state index in [9.17, 15) is 4.21 Å². The lowest BCUT2D eigenvalue weighted by atomic mass is 10.8. The van der Waals surface area contributed by atoms with Gasteiger partial charge in [-0.2, -0.15) is 0 Å². The minimum Gasteiger partial charge on any atom is -0.415 e. The average molecular weight is 146 g/mol. The molecule has 0 amide bonds. The summed E-state index contributed by atoms with van der Waals surface area (Å²) < 4.78 is 15.4. The van der Waals surface area contributed by atoms with Crippen LogP contribution >= 0.6 is 0 Å². The Morgan fingerprint density at radius 1 is 1.56 bits per heavy atom. The van der Waals surface area contributed by atoms with Crippen LogP contribution in [0.15, 0.2) is 9.64 Å². The molecule has 0 fully saturated rings. The molecule has 0 aromatic carbocycles. The number of rotatable bonds is 1. The van der Waals surface area contributed by atoms with Crippen LogP contribution in [0, 0.1) is 6.92 Å². The molecule has 1 heterocycles. The standard InChI is InChI=1S/C4H6N2O2S/c1-3-5-6-4(8-3)9(2)7/h1-2H3. The van der Waals surface area contributed by atoms with Gasteiger partial charge in [0.1, 0.15) is 10.8 Å². The number of aromatic nitrogens is 2. The van der Waals surface area contributed by atoms with Crippen molar-refractivity contribution in [3.63, 3.8) is 0 Å². The van der Waals surface area contributed by atoms with Gasteiger partial charge in [-0.1, -0.05) is 5.10 Å². The molecule has 5 heteroatoms. The molecule has 50 valence electrons. The first kappa shape index (κ1) is 6.41. The van der Waals surface area contributed by atoms with Crippen LogP contribution in [0.5, 0.6) is 0 Å². The number of nitrogens with zero attached hydrogens (tertiary/aromatic N) is 2. The molecule has 1 atom stereocenters. The first-order valence-corrected chi connectivity index (χ1v) is 3.89. The molecule has 0 N–H and O–H groups in total. The molecule has 0 radical (unpaired) electrons. The molecule has 0 spiro atoms. The Balaban J connectivity index is 2.98. The molecular weight excluding hydrogens is 140 g/mol. The first-order valence-electron chi connectivity index (χ1n) is 2.33. The smallest absolute Gasteiger partial charge is 0.307 e. The summed E-state index contributed by atoms with van der Waals surface area (Å²) in [6.45, 7) is 1.66. The molecule has 0 bridgehead atoms. The predicted octanol–water partition coefficient (Wildman–Crippen LogP) is 0.115. The van der Waals surface area contributed by atoms with Gasteiger partial charge in [0.05, 0.1) is 0 Å². The Kier molecular flexibility index (Phi) is 1.61. The third-order valence-electron chi connectivity index (χ3n) is 0.753. The topological polar surface area (TPSA) is 56.0 Å². The van der Waals surface area contributed by atoms with E-state index in [-0.39, 0.29) is 5.22 Å². The highest BCUT2D eigenvalue weighted by molar-refractivity contribution is 7.84. The molecule has 1 rings (SSSR count). The fourth-order valence-electron chi connectivity index (χ4n) is 0.395. The average Bonchev–Trinajstić information content (AvgIpc) is 2.14. The highest BCUT2D eigenvalue weighted by Gasteiger charge is 2.03. The zero-order valence-electron chi connectivity index (χ0n) is 5.12. The normalized spacial score (nSPS) is 13.6. The molecule has 9 heavy (non-hydrogen) atoms. The van der Waals surface area contributed by atoms with Crippen LogP contribution in [0.4, 0.5) is 0 Å². The zero-order chi connectivity index (χ0) is 6.85. The van der Waals surface area contributed by atoms with E-state index < -0.39 is 10.8 Å². The van der Waals surface area contributed by atoms with Gasteiger partial charge in [0.15, 0.2) is 0 Å². The summed E-state index contributed by atoms with van der Waals surface area (Å²) in [4.78, 5) is 0. The summed E-state index contributed by atoms with van der Waals surface area (Å²) >= 11 is 0. The van der Waals surface area contributed by atoms with Crippen molar-refractivity contribution >= 4 is 10.8 Å². The van der Waals surface area contributed by atoms with Crippen molar-refractivity contribution in [3.8, 4) is 0 Å². The SMILES string of the molecule is Cc1nnc(S(C)=O)o1. The van der Waals surface area contributed by atoms with E-state index in [1.54, 1.807) is 6.92 Å². The second-order valence-electron chi connectivity index (χ2n) is 1.54. The summed E-state index contributed by atoms with van der Waals surface area (Å²) in [5.74, 6) is 0.445. The molecule has 0 aliphatic heterocycles. The third kappa shape index (κ3) is 1.35. The quantitative estimate of drug-likeness (QED) is 0.564. The molecule has 1 aromatic rings. The molecule has 1 unspecified atom stereocenters. The molecule has 0 saturated heterocycles. The van der Waals surface area contributed by atoms with Crippen LogP contribution in [-0.2, 0) is 10.8 Å². The Hall–Kier alpha value is -0.710. The van der Waals surface area contributed by atoms with Crippen LogP contribution in [-0.4, -0.2) is 20.7 Å². The van der Waals surface area contributed by atoms with Crippen molar-refractivity contribution in [1.29, 1.82) is 0 Å². The Morgan fingerprint density at radius 2 is 2.22 bits per heavy atom. The van der Waals surface area contributed by atoms with Crippen molar-refractivity contribution in [2.24, 2.45) is 0 Å². The maximum absolute atomic E-state index is 10.6. The molecule has 4 nitrogen and oxygen atoms in total. The van der Waals surface area contributed by atoms with E-state index in [2.05, 4.69) is 10.2 Å². The van der Waals surface area contributed by atoms with Gasteiger partial charge < -0.3 is 4.42 Å². The third-order valence-corrected chi connectivity index (χ3v) is 1.41. The van der Waals surface area contributed by atoms with Crippen molar-refractivity contribution in [1.82, 2.24) is 10.2 Å². The van der Waals surface area contributed by atoms with E-state index in [0.717, 1.165) is 0 Å². The Bertz CT molecular complexity index is 232. The van der Waals surface area contributed by atoms with Crippen LogP contribution in [0.3, 0.4) is 0 Å². The largest absolute Gasteiger partial charge is 0.415 e. The maximum atomic E-state index is 10.6. The molecular formula is C4H6N2O2S. The fraction of sp³-hybridized carbons (Fsp3) is 0.500. The van der Waals surface area contributed by atoms with Gasteiger partial charge >= 0.3 is 5.22 Å². The maximum Gasteiger partial charge on any atom is 0.307 e. The van der Waals surface area contributed by atoms with Gasteiger partial charge in [0, 0.05) is 13.2 Å². The molecule has 0 aliphatic carbocycles. The van der Waals surface area contributed by atoms with E-state index >= 15 is 0 Å². The lowest BCUT2D eigenvalue weighted by molar-refractivity contribution is 0.422. The van der Waals surface area contributed by atoms with Gasteiger partial charge in [-0.05, 0) is 0 Å². The van der Waals surface area contributed by atoms with Gasteiger partial charge in [-0.25, -0.2) is 4.21 Å². The first-order chi connectivity index (χ1) is 4.20. The highest BCUT2D eigenvalue weighted by atomic mass is 32.2. The van der Waals surface area contributed by atoms with E-state index in [0.29, 0.717) is 5.89 Å². The second kappa shape index (κ2) is 2.26. The minimum atomic E-state index is -1.15. The van der Waals surface area contributed by atoms with Gasteiger partial charge in [0.2, 0.25) is 5.89 Å². The summed E-state index contributed by atoms with van der Waals surface area (Å²) in [6.07, 6.45) is 1.49. The van der Waals surface area contributed by atoms with Crippen LogP contribution in [0.25, 0.3) is 0 Å². The van der Waals surface area contributed by atoms with Gasteiger partial charge in [-0.3, -0.25) is 0 Å². The molecule has 0 aliphatic rings. The van der Waals surface area contributed by atoms with Crippen molar-refractivity contribution in [3.05, 3.63) is 5.89 Å². The summed E-state index contributed by atoms with van der Waals surface area (Å²) in [6, 6.07) is 0. The minimum absolute atomic E-state index is 0.188. The monoisotopic (exact) mass is 146 g/mol. The Morgan fingerprint density at radius 3 is 2.44 bits per heavy atom. The van der Waals surface area contributed by atoms with E-state index in [4.69, 9.17) is 4.42 Å².